The summed E-state index contributed by atoms with van der Waals surface area (Å²) in [6, 6.07) is 5.84. The maximum atomic E-state index is 8.80. The second kappa shape index (κ2) is 4.96. The van der Waals surface area contributed by atoms with Crippen molar-refractivity contribution < 1.29 is 14.6 Å². The Morgan fingerprint density at radius 2 is 2.17 bits per heavy atom. The summed E-state index contributed by atoms with van der Waals surface area (Å²) in [4.78, 5) is 4.55. The molecule has 0 aliphatic carbocycles. The second-order valence-electron chi connectivity index (χ2n) is 4.02. The van der Waals surface area contributed by atoms with E-state index in [4.69, 9.17) is 14.6 Å². The van der Waals surface area contributed by atoms with Gasteiger partial charge in [0.2, 0.25) is 6.79 Å². The Kier molecular flexibility index (Phi) is 3.17. The average molecular weight is 263 g/mol. The molecule has 5 heteroatoms. The van der Waals surface area contributed by atoms with E-state index in [1.54, 1.807) is 11.3 Å². The molecule has 1 aliphatic rings. The maximum Gasteiger partial charge on any atom is 0.231 e. The van der Waals surface area contributed by atoms with E-state index in [-0.39, 0.29) is 13.4 Å². The van der Waals surface area contributed by atoms with Crippen LogP contribution in [0.5, 0.6) is 11.5 Å². The third-order valence-electron chi connectivity index (χ3n) is 2.77. The standard InChI is InChI=1S/C13H13NO3S/c15-5-1-2-13-14-10(7-18-13)9-3-4-11-12(6-9)17-8-16-11/h3-4,6-7,15H,1-2,5,8H2. The highest BCUT2D eigenvalue weighted by Crippen LogP contribution is 2.36. The van der Waals surface area contributed by atoms with Gasteiger partial charge in [0.15, 0.2) is 11.5 Å². The smallest absolute Gasteiger partial charge is 0.231 e. The number of benzene rings is 1. The van der Waals surface area contributed by atoms with E-state index in [1.807, 2.05) is 23.6 Å². The molecule has 0 unspecified atom stereocenters. The first-order chi connectivity index (χ1) is 8.86. The number of aliphatic hydroxyl groups is 1. The number of fused-ring (bicyclic) bond motifs is 1. The number of aryl methyl sites for hydroxylation is 1. The molecular weight excluding hydrogens is 250 g/mol. The molecule has 0 radical (unpaired) electrons. The lowest BCUT2D eigenvalue weighted by molar-refractivity contribution is 0.174. The molecule has 3 rings (SSSR count). The largest absolute Gasteiger partial charge is 0.454 e. The zero-order valence-electron chi connectivity index (χ0n) is 9.76. The van der Waals surface area contributed by atoms with Gasteiger partial charge in [0.25, 0.3) is 0 Å². The minimum atomic E-state index is 0.207. The number of hydrogen-bond donors (Lipinski definition) is 1. The van der Waals surface area contributed by atoms with E-state index in [0.29, 0.717) is 0 Å². The van der Waals surface area contributed by atoms with Crippen molar-refractivity contribution in [1.82, 2.24) is 4.98 Å². The summed E-state index contributed by atoms with van der Waals surface area (Å²) in [5.74, 6) is 1.56. The Morgan fingerprint density at radius 1 is 1.28 bits per heavy atom. The molecule has 0 bridgehead atoms. The molecule has 0 saturated carbocycles. The fourth-order valence-corrected chi connectivity index (χ4v) is 2.69. The summed E-state index contributed by atoms with van der Waals surface area (Å²) >= 11 is 1.62. The van der Waals surface area contributed by atoms with Crippen molar-refractivity contribution >= 4 is 11.3 Å². The van der Waals surface area contributed by atoms with E-state index in [2.05, 4.69) is 4.98 Å². The Bertz CT molecular complexity index is 553. The lowest BCUT2D eigenvalue weighted by Crippen LogP contribution is -1.92. The van der Waals surface area contributed by atoms with E-state index in [1.165, 1.54) is 0 Å². The molecule has 18 heavy (non-hydrogen) atoms. The third kappa shape index (κ3) is 2.19. The summed E-state index contributed by atoms with van der Waals surface area (Å²) in [5.41, 5.74) is 1.98. The summed E-state index contributed by atoms with van der Waals surface area (Å²) in [7, 11) is 0. The first kappa shape index (κ1) is 11.5. The van der Waals surface area contributed by atoms with Gasteiger partial charge in [-0.25, -0.2) is 4.98 Å². The Hall–Kier alpha value is -1.59. The van der Waals surface area contributed by atoms with Crippen LogP contribution >= 0.6 is 11.3 Å². The Labute approximate surface area is 109 Å². The molecule has 2 heterocycles. The van der Waals surface area contributed by atoms with Gasteiger partial charge in [0.1, 0.15) is 0 Å². The molecular formula is C13H13NO3S. The van der Waals surface area contributed by atoms with E-state index < -0.39 is 0 Å². The zero-order valence-corrected chi connectivity index (χ0v) is 10.6. The molecule has 1 aromatic heterocycles. The lowest BCUT2D eigenvalue weighted by Gasteiger charge is -1.99. The van der Waals surface area contributed by atoms with Crippen LogP contribution in [0, 0.1) is 0 Å². The van der Waals surface area contributed by atoms with Crippen LogP contribution in [0.25, 0.3) is 11.3 Å². The van der Waals surface area contributed by atoms with Crippen molar-refractivity contribution in [3.05, 3.63) is 28.6 Å². The van der Waals surface area contributed by atoms with Crippen LogP contribution in [0.4, 0.5) is 0 Å². The summed E-state index contributed by atoms with van der Waals surface area (Å²) in [6.45, 7) is 0.497. The van der Waals surface area contributed by atoms with Crippen molar-refractivity contribution in [2.75, 3.05) is 13.4 Å². The van der Waals surface area contributed by atoms with E-state index in [0.717, 1.165) is 40.6 Å². The number of aromatic nitrogens is 1. The maximum absolute atomic E-state index is 8.80. The number of rotatable bonds is 4. The Balaban J connectivity index is 1.83. The van der Waals surface area contributed by atoms with Gasteiger partial charge in [-0.3, -0.25) is 0 Å². The van der Waals surface area contributed by atoms with Gasteiger partial charge in [-0.1, -0.05) is 0 Å². The normalized spacial score (nSPS) is 12.9. The monoisotopic (exact) mass is 263 g/mol. The number of nitrogens with zero attached hydrogens (tertiary/aromatic N) is 1. The van der Waals surface area contributed by atoms with Crippen LogP contribution < -0.4 is 9.47 Å². The van der Waals surface area contributed by atoms with Gasteiger partial charge < -0.3 is 14.6 Å². The molecule has 1 aliphatic heterocycles. The van der Waals surface area contributed by atoms with E-state index >= 15 is 0 Å². The topological polar surface area (TPSA) is 51.6 Å². The van der Waals surface area contributed by atoms with Crippen molar-refractivity contribution in [2.45, 2.75) is 12.8 Å². The minimum absolute atomic E-state index is 0.207. The second-order valence-corrected chi connectivity index (χ2v) is 4.96. The first-order valence-corrected chi connectivity index (χ1v) is 6.70. The molecule has 0 spiro atoms. The van der Waals surface area contributed by atoms with Crippen LogP contribution in [0.3, 0.4) is 0 Å². The number of aliphatic hydroxyl groups excluding tert-OH is 1. The number of thiazole rings is 1. The van der Waals surface area contributed by atoms with Gasteiger partial charge in [0.05, 0.1) is 10.7 Å². The Morgan fingerprint density at radius 3 is 3.06 bits per heavy atom. The van der Waals surface area contributed by atoms with Gasteiger partial charge in [-0.2, -0.15) is 0 Å². The van der Waals surface area contributed by atoms with Crippen molar-refractivity contribution in [1.29, 1.82) is 0 Å². The molecule has 0 fully saturated rings. The van der Waals surface area contributed by atoms with Crippen molar-refractivity contribution in [3.63, 3.8) is 0 Å². The average Bonchev–Trinajstić information content (AvgIpc) is 3.04. The quantitative estimate of drug-likeness (QED) is 0.920. The SMILES string of the molecule is OCCCc1nc(-c2ccc3c(c2)OCO3)cs1. The summed E-state index contributed by atoms with van der Waals surface area (Å²) in [5, 5.41) is 11.9. The lowest BCUT2D eigenvalue weighted by atomic mass is 10.1. The predicted molar refractivity (Wildman–Crippen MR) is 69.1 cm³/mol. The van der Waals surface area contributed by atoms with E-state index in [9.17, 15) is 0 Å². The van der Waals surface area contributed by atoms with Crippen LogP contribution in [0.1, 0.15) is 11.4 Å². The molecule has 1 N–H and O–H groups in total. The number of ether oxygens (including phenoxy) is 2. The van der Waals surface area contributed by atoms with Crippen LogP contribution in [-0.4, -0.2) is 23.5 Å². The summed E-state index contributed by atoms with van der Waals surface area (Å²) in [6.07, 6.45) is 1.58. The molecule has 0 amide bonds. The van der Waals surface area contributed by atoms with Crippen LogP contribution in [0.15, 0.2) is 23.6 Å². The predicted octanol–water partition coefficient (Wildman–Crippen LogP) is 2.46. The molecule has 94 valence electrons. The molecule has 1 aromatic carbocycles. The van der Waals surface area contributed by atoms with Crippen molar-refractivity contribution in [3.8, 4) is 22.8 Å². The summed E-state index contributed by atoms with van der Waals surface area (Å²) < 4.78 is 10.6. The molecule has 0 saturated heterocycles. The number of hydrogen-bond acceptors (Lipinski definition) is 5. The highest BCUT2D eigenvalue weighted by molar-refractivity contribution is 7.09. The first-order valence-electron chi connectivity index (χ1n) is 5.82. The zero-order chi connectivity index (χ0) is 12.4. The third-order valence-corrected chi connectivity index (χ3v) is 3.68. The van der Waals surface area contributed by atoms with Crippen molar-refractivity contribution in [2.24, 2.45) is 0 Å². The fourth-order valence-electron chi connectivity index (χ4n) is 1.84. The van der Waals surface area contributed by atoms with Gasteiger partial charge in [0, 0.05) is 24.0 Å². The molecule has 2 aromatic rings. The van der Waals surface area contributed by atoms with Gasteiger partial charge in [-0.15, -0.1) is 11.3 Å². The van der Waals surface area contributed by atoms with Gasteiger partial charge in [-0.05, 0) is 24.6 Å². The minimum Gasteiger partial charge on any atom is -0.454 e. The fraction of sp³-hybridized carbons (Fsp3) is 0.308. The highest BCUT2D eigenvalue weighted by Gasteiger charge is 2.14. The van der Waals surface area contributed by atoms with Crippen LogP contribution in [-0.2, 0) is 6.42 Å². The van der Waals surface area contributed by atoms with Gasteiger partial charge >= 0.3 is 0 Å². The molecule has 4 nitrogen and oxygen atoms in total. The highest BCUT2D eigenvalue weighted by atomic mass is 32.1. The van der Waals surface area contributed by atoms with Crippen LogP contribution in [0.2, 0.25) is 0 Å². The molecule has 0 atom stereocenters.